The van der Waals surface area contributed by atoms with Crippen molar-refractivity contribution in [2.75, 3.05) is 6.54 Å². The van der Waals surface area contributed by atoms with Crippen LogP contribution in [-0.4, -0.2) is 12.6 Å². The fraction of sp³-hybridized carbons (Fsp3) is 0.538. The molecule has 0 amide bonds. The van der Waals surface area contributed by atoms with Crippen LogP contribution in [-0.2, 0) is 0 Å². The van der Waals surface area contributed by atoms with Crippen LogP contribution in [0.2, 0.25) is 10.0 Å². The van der Waals surface area contributed by atoms with Gasteiger partial charge >= 0.3 is 0 Å². The smallest absolute Gasteiger partial charge is 0.0441 e. The fourth-order valence-corrected chi connectivity index (χ4v) is 2.47. The summed E-state index contributed by atoms with van der Waals surface area (Å²) in [7, 11) is 0. The predicted octanol–water partition coefficient (Wildman–Crippen LogP) is 4.49. The molecule has 0 saturated heterocycles. The van der Waals surface area contributed by atoms with Crippen LogP contribution in [0.1, 0.15) is 38.7 Å². The van der Waals surface area contributed by atoms with E-state index in [0.717, 1.165) is 28.6 Å². The molecule has 0 bridgehead atoms. The summed E-state index contributed by atoms with van der Waals surface area (Å²) in [5, 5.41) is 4.96. The molecule has 0 aliphatic carbocycles. The maximum atomic E-state index is 6.17. The van der Waals surface area contributed by atoms with Gasteiger partial charge in [-0.3, -0.25) is 0 Å². The van der Waals surface area contributed by atoms with E-state index in [4.69, 9.17) is 23.2 Å². The zero-order chi connectivity index (χ0) is 12.1. The third kappa shape index (κ3) is 3.97. The van der Waals surface area contributed by atoms with Gasteiger partial charge in [0, 0.05) is 16.1 Å². The molecule has 0 fully saturated rings. The van der Waals surface area contributed by atoms with Crippen LogP contribution in [0.4, 0.5) is 0 Å². The van der Waals surface area contributed by atoms with E-state index in [1.54, 1.807) is 0 Å². The third-order valence-corrected chi connectivity index (χ3v) is 3.33. The molecule has 0 heterocycles. The van der Waals surface area contributed by atoms with Gasteiger partial charge < -0.3 is 5.32 Å². The molecule has 0 saturated carbocycles. The van der Waals surface area contributed by atoms with Gasteiger partial charge in [0.15, 0.2) is 0 Å². The number of halogens is 2. The summed E-state index contributed by atoms with van der Waals surface area (Å²) in [6.07, 6.45) is 1.06. The molecule has 1 N–H and O–H groups in total. The summed E-state index contributed by atoms with van der Waals surface area (Å²) in [6, 6.07) is 6.16. The molecule has 2 atom stereocenters. The van der Waals surface area contributed by atoms with Crippen LogP contribution >= 0.6 is 23.2 Å². The highest BCUT2D eigenvalue weighted by Gasteiger charge is 2.13. The Labute approximate surface area is 108 Å². The number of benzene rings is 1. The lowest BCUT2D eigenvalue weighted by molar-refractivity contribution is 0.491. The van der Waals surface area contributed by atoms with Gasteiger partial charge in [-0.15, -0.1) is 0 Å². The molecule has 1 nitrogen and oxygen atoms in total. The zero-order valence-electron chi connectivity index (χ0n) is 10.1. The van der Waals surface area contributed by atoms with Gasteiger partial charge in [0.2, 0.25) is 0 Å². The standard InChI is InChI=1S/C13H19Cl2N/c1-4-16-10(3)7-9(2)12-8-11(14)5-6-13(12)15/h5-6,8-10,16H,4,7H2,1-3H3. The second kappa shape index (κ2) is 6.48. The Balaban J connectivity index is 2.72. The molecule has 90 valence electrons. The summed E-state index contributed by atoms with van der Waals surface area (Å²) in [4.78, 5) is 0. The molecule has 0 radical (unpaired) electrons. The Kier molecular flexibility index (Phi) is 5.60. The van der Waals surface area contributed by atoms with E-state index in [1.165, 1.54) is 0 Å². The van der Waals surface area contributed by atoms with Crippen molar-refractivity contribution in [3.63, 3.8) is 0 Å². The average molecular weight is 260 g/mol. The first-order chi connectivity index (χ1) is 7.54. The highest BCUT2D eigenvalue weighted by molar-refractivity contribution is 6.33. The van der Waals surface area contributed by atoms with Crippen molar-refractivity contribution in [3.05, 3.63) is 33.8 Å². The molecule has 2 unspecified atom stereocenters. The molecular weight excluding hydrogens is 241 g/mol. The van der Waals surface area contributed by atoms with E-state index in [1.807, 2.05) is 18.2 Å². The summed E-state index contributed by atoms with van der Waals surface area (Å²) in [5.74, 6) is 0.417. The van der Waals surface area contributed by atoms with Crippen LogP contribution in [0, 0.1) is 0 Å². The number of rotatable bonds is 5. The Hall–Kier alpha value is -0.240. The largest absolute Gasteiger partial charge is 0.315 e. The zero-order valence-corrected chi connectivity index (χ0v) is 11.6. The van der Waals surface area contributed by atoms with Crippen molar-refractivity contribution in [3.8, 4) is 0 Å². The van der Waals surface area contributed by atoms with Crippen LogP contribution in [0.15, 0.2) is 18.2 Å². The van der Waals surface area contributed by atoms with E-state index >= 15 is 0 Å². The lowest BCUT2D eigenvalue weighted by Crippen LogP contribution is -2.26. The van der Waals surface area contributed by atoms with Crippen molar-refractivity contribution >= 4 is 23.2 Å². The summed E-state index contributed by atoms with van der Waals surface area (Å²) >= 11 is 12.2. The van der Waals surface area contributed by atoms with E-state index in [9.17, 15) is 0 Å². The van der Waals surface area contributed by atoms with E-state index in [0.29, 0.717) is 12.0 Å². The van der Waals surface area contributed by atoms with Crippen molar-refractivity contribution in [1.29, 1.82) is 0 Å². The molecule has 1 aromatic rings. The van der Waals surface area contributed by atoms with Gasteiger partial charge in [-0.25, -0.2) is 0 Å². The second-order valence-corrected chi connectivity index (χ2v) is 5.10. The summed E-state index contributed by atoms with van der Waals surface area (Å²) < 4.78 is 0. The van der Waals surface area contributed by atoms with Gasteiger partial charge in [-0.1, -0.05) is 37.0 Å². The van der Waals surface area contributed by atoms with Crippen molar-refractivity contribution < 1.29 is 0 Å². The van der Waals surface area contributed by atoms with Gasteiger partial charge in [0.25, 0.3) is 0 Å². The third-order valence-electron chi connectivity index (χ3n) is 2.75. The van der Waals surface area contributed by atoms with Gasteiger partial charge in [-0.05, 0) is 49.6 Å². The Bertz CT molecular complexity index is 339. The van der Waals surface area contributed by atoms with Crippen molar-refractivity contribution in [2.45, 2.75) is 39.2 Å². The quantitative estimate of drug-likeness (QED) is 0.822. The van der Waals surface area contributed by atoms with Gasteiger partial charge in [0.05, 0.1) is 0 Å². The highest BCUT2D eigenvalue weighted by atomic mass is 35.5. The van der Waals surface area contributed by atoms with Crippen molar-refractivity contribution in [1.82, 2.24) is 5.32 Å². The lowest BCUT2D eigenvalue weighted by Gasteiger charge is -2.19. The molecular formula is C13H19Cl2N. The Morgan fingerprint density at radius 1 is 1.25 bits per heavy atom. The average Bonchev–Trinajstić information content (AvgIpc) is 2.21. The van der Waals surface area contributed by atoms with Crippen LogP contribution < -0.4 is 5.32 Å². The van der Waals surface area contributed by atoms with Crippen LogP contribution in [0.5, 0.6) is 0 Å². The Morgan fingerprint density at radius 3 is 2.56 bits per heavy atom. The minimum Gasteiger partial charge on any atom is -0.315 e. The minimum absolute atomic E-state index is 0.417. The molecule has 0 aliphatic rings. The molecule has 0 spiro atoms. The maximum Gasteiger partial charge on any atom is 0.0441 e. The van der Waals surface area contributed by atoms with E-state index in [-0.39, 0.29) is 0 Å². The van der Waals surface area contributed by atoms with Crippen LogP contribution in [0.25, 0.3) is 0 Å². The molecule has 0 aromatic heterocycles. The van der Waals surface area contributed by atoms with E-state index < -0.39 is 0 Å². The second-order valence-electron chi connectivity index (χ2n) is 4.26. The van der Waals surface area contributed by atoms with Gasteiger partial charge in [0.1, 0.15) is 0 Å². The van der Waals surface area contributed by atoms with Crippen LogP contribution in [0.3, 0.4) is 0 Å². The lowest BCUT2D eigenvalue weighted by atomic mass is 9.94. The summed E-state index contributed by atoms with van der Waals surface area (Å²) in [6.45, 7) is 7.49. The first-order valence-corrected chi connectivity index (χ1v) is 6.48. The molecule has 1 rings (SSSR count). The fourth-order valence-electron chi connectivity index (χ4n) is 1.98. The monoisotopic (exact) mass is 259 g/mol. The predicted molar refractivity (Wildman–Crippen MR) is 72.6 cm³/mol. The summed E-state index contributed by atoms with van der Waals surface area (Å²) in [5.41, 5.74) is 1.14. The normalized spacial score (nSPS) is 14.8. The minimum atomic E-state index is 0.417. The first kappa shape index (κ1) is 13.8. The Morgan fingerprint density at radius 2 is 1.94 bits per heavy atom. The first-order valence-electron chi connectivity index (χ1n) is 5.73. The van der Waals surface area contributed by atoms with Crippen molar-refractivity contribution in [2.24, 2.45) is 0 Å². The number of hydrogen-bond donors (Lipinski definition) is 1. The molecule has 0 aliphatic heterocycles. The van der Waals surface area contributed by atoms with Gasteiger partial charge in [-0.2, -0.15) is 0 Å². The molecule has 1 aromatic carbocycles. The highest BCUT2D eigenvalue weighted by Crippen LogP contribution is 2.30. The maximum absolute atomic E-state index is 6.17. The molecule has 3 heteroatoms. The molecule has 16 heavy (non-hydrogen) atoms. The number of nitrogens with one attached hydrogen (secondary N) is 1. The SMILES string of the molecule is CCNC(C)CC(C)c1cc(Cl)ccc1Cl. The number of hydrogen-bond acceptors (Lipinski definition) is 1. The topological polar surface area (TPSA) is 12.0 Å². The van der Waals surface area contributed by atoms with E-state index in [2.05, 4.69) is 26.1 Å².